The summed E-state index contributed by atoms with van der Waals surface area (Å²) in [7, 11) is 0. The van der Waals surface area contributed by atoms with Crippen LogP contribution in [-0.4, -0.2) is 91.0 Å². The van der Waals surface area contributed by atoms with E-state index in [1.807, 2.05) is 0 Å². The van der Waals surface area contributed by atoms with Crippen LogP contribution in [0.5, 0.6) is 0 Å². The maximum Gasteiger partial charge on any atom is 0.246 e. The van der Waals surface area contributed by atoms with Gasteiger partial charge in [-0.3, -0.25) is 9.59 Å². The lowest BCUT2D eigenvalue weighted by atomic mass is 10.5. The summed E-state index contributed by atoms with van der Waals surface area (Å²) in [5, 5.41) is 5.33. The van der Waals surface area contributed by atoms with E-state index >= 15 is 0 Å². The van der Waals surface area contributed by atoms with Gasteiger partial charge in [0.25, 0.3) is 0 Å². The molecule has 0 aromatic carbocycles. The highest BCUT2D eigenvalue weighted by atomic mass is 16.5. The molecular weight excluding hydrogens is 308 g/mol. The van der Waals surface area contributed by atoms with Gasteiger partial charge in [-0.2, -0.15) is 0 Å². The highest BCUT2D eigenvalue weighted by Gasteiger charge is 2.03. The quantitative estimate of drug-likeness (QED) is 0.545. The van der Waals surface area contributed by atoms with Crippen molar-refractivity contribution in [2.45, 2.75) is 0 Å². The smallest absolute Gasteiger partial charge is 0.246 e. The summed E-state index contributed by atoms with van der Waals surface area (Å²) < 4.78 is 26.2. The Kier molecular flexibility index (Phi) is 12.3. The van der Waals surface area contributed by atoms with Gasteiger partial charge in [0.05, 0.1) is 52.9 Å². The van der Waals surface area contributed by atoms with Crippen LogP contribution >= 0.6 is 0 Å². The van der Waals surface area contributed by atoms with Gasteiger partial charge in [0.15, 0.2) is 0 Å². The molecule has 0 spiro atoms. The molecule has 0 aromatic heterocycles. The van der Waals surface area contributed by atoms with Crippen LogP contribution in [0.1, 0.15) is 0 Å². The molecule has 9 nitrogen and oxygen atoms in total. The Morgan fingerprint density at radius 1 is 0.522 bits per heavy atom. The van der Waals surface area contributed by atoms with E-state index in [4.69, 9.17) is 23.7 Å². The molecule has 0 bridgehead atoms. The van der Waals surface area contributed by atoms with Crippen LogP contribution in [0.4, 0.5) is 0 Å². The van der Waals surface area contributed by atoms with Gasteiger partial charge in [0.1, 0.15) is 13.2 Å². The van der Waals surface area contributed by atoms with E-state index < -0.39 is 0 Å². The van der Waals surface area contributed by atoms with Gasteiger partial charge in [0.2, 0.25) is 11.8 Å². The predicted octanol–water partition coefficient (Wildman–Crippen LogP) is -1.68. The third kappa shape index (κ3) is 12.9. The maximum absolute atomic E-state index is 11.4. The molecule has 1 aliphatic heterocycles. The number of ether oxygens (including phenoxy) is 5. The molecule has 0 atom stereocenters. The van der Waals surface area contributed by atoms with E-state index in [0.29, 0.717) is 52.7 Å². The van der Waals surface area contributed by atoms with Crippen molar-refractivity contribution in [2.24, 2.45) is 0 Å². The van der Waals surface area contributed by atoms with Gasteiger partial charge in [0, 0.05) is 13.1 Å². The number of amides is 2. The van der Waals surface area contributed by atoms with E-state index in [-0.39, 0.29) is 38.2 Å². The summed E-state index contributed by atoms with van der Waals surface area (Å²) in [6, 6.07) is 0. The molecular formula is C14H26N2O7. The Morgan fingerprint density at radius 3 is 1.30 bits per heavy atom. The Balaban J connectivity index is 2.18. The van der Waals surface area contributed by atoms with Gasteiger partial charge in [-0.25, -0.2) is 0 Å². The van der Waals surface area contributed by atoms with Crippen LogP contribution in [0.2, 0.25) is 0 Å². The summed E-state index contributed by atoms with van der Waals surface area (Å²) in [6.45, 7) is 3.93. The minimum absolute atomic E-state index is 0.0456. The van der Waals surface area contributed by atoms with Gasteiger partial charge >= 0.3 is 0 Å². The molecule has 2 amide bonds. The summed E-state index contributed by atoms with van der Waals surface area (Å²) in [6.07, 6.45) is 0. The topological polar surface area (TPSA) is 104 Å². The SMILES string of the molecule is O=C1COCCOCC(=O)NCCOCCOCCOCCN1. The second kappa shape index (κ2) is 14.3. The normalized spacial score (nSPS) is 22.4. The number of hydrogen-bond acceptors (Lipinski definition) is 7. The maximum atomic E-state index is 11.4. The van der Waals surface area contributed by atoms with Crippen molar-refractivity contribution in [1.29, 1.82) is 0 Å². The monoisotopic (exact) mass is 334 g/mol. The molecule has 0 unspecified atom stereocenters. The number of carbonyl (C=O) groups excluding carboxylic acids is 2. The van der Waals surface area contributed by atoms with Gasteiger partial charge in [-0.15, -0.1) is 0 Å². The molecule has 1 heterocycles. The Hall–Kier alpha value is -1.26. The van der Waals surface area contributed by atoms with Gasteiger partial charge < -0.3 is 34.3 Å². The van der Waals surface area contributed by atoms with Gasteiger partial charge in [-0.05, 0) is 0 Å². The van der Waals surface area contributed by atoms with Crippen LogP contribution in [-0.2, 0) is 33.3 Å². The van der Waals surface area contributed by atoms with E-state index in [1.165, 1.54) is 0 Å². The van der Waals surface area contributed by atoms with Crippen molar-refractivity contribution < 1.29 is 33.3 Å². The van der Waals surface area contributed by atoms with Crippen LogP contribution in [0.25, 0.3) is 0 Å². The zero-order valence-electron chi connectivity index (χ0n) is 13.3. The third-order valence-corrected chi connectivity index (χ3v) is 2.72. The summed E-state index contributed by atoms with van der Waals surface area (Å²) >= 11 is 0. The molecule has 0 aromatic rings. The molecule has 0 radical (unpaired) electrons. The van der Waals surface area contributed by atoms with Crippen LogP contribution in [0, 0.1) is 0 Å². The Labute approximate surface area is 135 Å². The molecule has 1 saturated heterocycles. The third-order valence-electron chi connectivity index (χ3n) is 2.72. The number of hydrogen-bond donors (Lipinski definition) is 2. The van der Waals surface area contributed by atoms with E-state index in [0.717, 1.165) is 0 Å². The summed E-state index contributed by atoms with van der Waals surface area (Å²) in [4.78, 5) is 22.8. The Bertz CT molecular complexity index is 298. The van der Waals surface area contributed by atoms with E-state index in [2.05, 4.69) is 10.6 Å². The summed E-state index contributed by atoms with van der Waals surface area (Å²) in [5.74, 6) is -0.434. The molecule has 1 rings (SSSR count). The van der Waals surface area contributed by atoms with Crippen molar-refractivity contribution in [1.82, 2.24) is 10.6 Å². The van der Waals surface area contributed by atoms with Crippen molar-refractivity contribution in [3.8, 4) is 0 Å². The average molecular weight is 334 g/mol. The summed E-state index contributed by atoms with van der Waals surface area (Å²) in [5.41, 5.74) is 0. The second-order valence-corrected chi connectivity index (χ2v) is 4.64. The molecule has 23 heavy (non-hydrogen) atoms. The highest BCUT2D eigenvalue weighted by Crippen LogP contribution is 1.83. The second-order valence-electron chi connectivity index (χ2n) is 4.64. The molecule has 1 aliphatic rings. The van der Waals surface area contributed by atoms with Crippen molar-refractivity contribution in [3.05, 3.63) is 0 Å². The fraction of sp³-hybridized carbons (Fsp3) is 0.857. The fourth-order valence-corrected chi connectivity index (χ4v) is 1.62. The molecule has 0 saturated carbocycles. The predicted molar refractivity (Wildman–Crippen MR) is 80.1 cm³/mol. The fourth-order valence-electron chi connectivity index (χ4n) is 1.62. The van der Waals surface area contributed by atoms with E-state index in [1.54, 1.807) is 0 Å². The van der Waals surface area contributed by atoms with Crippen molar-refractivity contribution >= 4 is 11.8 Å². The number of carbonyl (C=O) groups is 2. The van der Waals surface area contributed by atoms with Crippen molar-refractivity contribution in [3.63, 3.8) is 0 Å². The minimum atomic E-state index is -0.217. The van der Waals surface area contributed by atoms with Crippen molar-refractivity contribution in [2.75, 3.05) is 79.2 Å². The van der Waals surface area contributed by atoms with Crippen LogP contribution in [0.3, 0.4) is 0 Å². The molecule has 134 valence electrons. The largest absolute Gasteiger partial charge is 0.377 e. The standard InChI is InChI=1S/C14H26N2O7/c17-13-11-22-9-10-23-12-14(18)16-2-4-20-6-8-21-7-5-19-3-1-15-13/h1-12H2,(H,15,17)(H,16,18). The first-order valence-electron chi connectivity index (χ1n) is 7.71. The first kappa shape index (κ1) is 19.8. The van der Waals surface area contributed by atoms with E-state index in [9.17, 15) is 9.59 Å². The average Bonchev–Trinajstić information content (AvgIpc) is 2.54. The lowest BCUT2D eigenvalue weighted by Crippen LogP contribution is -2.32. The zero-order valence-corrected chi connectivity index (χ0v) is 13.3. The lowest BCUT2D eigenvalue weighted by Gasteiger charge is -2.08. The number of nitrogens with one attached hydrogen (secondary N) is 2. The molecule has 1 fully saturated rings. The first-order valence-corrected chi connectivity index (χ1v) is 7.71. The zero-order chi connectivity index (χ0) is 16.6. The minimum Gasteiger partial charge on any atom is -0.377 e. The molecule has 9 heteroatoms. The molecule has 2 N–H and O–H groups in total. The Morgan fingerprint density at radius 2 is 0.870 bits per heavy atom. The first-order chi connectivity index (χ1) is 11.3. The van der Waals surface area contributed by atoms with Crippen LogP contribution in [0.15, 0.2) is 0 Å². The highest BCUT2D eigenvalue weighted by molar-refractivity contribution is 5.77. The van der Waals surface area contributed by atoms with Gasteiger partial charge in [-0.1, -0.05) is 0 Å². The lowest BCUT2D eigenvalue weighted by molar-refractivity contribution is -0.129. The van der Waals surface area contributed by atoms with Crippen LogP contribution < -0.4 is 10.6 Å². The number of rotatable bonds is 0. The molecule has 0 aliphatic carbocycles.